The molecule has 7 heteroatoms. The number of hydrogen-bond donors (Lipinski definition) is 0. The Morgan fingerprint density at radius 2 is 1.64 bits per heavy atom. The van der Waals surface area contributed by atoms with E-state index >= 15 is 0 Å². The van der Waals surface area contributed by atoms with E-state index in [1.807, 2.05) is 24.3 Å². The van der Waals surface area contributed by atoms with E-state index < -0.39 is 24.2 Å². The van der Waals surface area contributed by atoms with Gasteiger partial charge >= 0.3 is 0 Å². The fourth-order valence-corrected chi connectivity index (χ4v) is 4.57. The first-order valence-corrected chi connectivity index (χ1v) is 8.39. The van der Waals surface area contributed by atoms with Gasteiger partial charge in [0.05, 0.1) is 0 Å². The van der Waals surface area contributed by atoms with Gasteiger partial charge in [0.2, 0.25) is 17.7 Å². The Labute approximate surface area is 145 Å². The van der Waals surface area contributed by atoms with Gasteiger partial charge in [0, 0.05) is 25.5 Å². The van der Waals surface area contributed by atoms with Crippen LogP contribution in [-0.4, -0.2) is 51.7 Å². The number of carbonyl (C=O) groups is 4. The van der Waals surface area contributed by atoms with Crippen LogP contribution >= 0.6 is 0 Å². The molecule has 0 aliphatic carbocycles. The van der Waals surface area contributed by atoms with Gasteiger partial charge in [-0.1, -0.05) is 18.2 Å². The van der Waals surface area contributed by atoms with Crippen molar-refractivity contribution in [3.63, 3.8) is 0 Å². The molecule has 0 unspecified atom stereocenters. The lowest BCUT2D eigenvalue weighted by molar-refractivity contribution is -0.166. The van der Waals surface area contributed by atoms with Crippen LogP contribution in [0.4, 0.5) is 5.69 Å². The number of para-hydroxylation sites is 1. The van der Waals surface area contributed by atoms with E-state index in [1.165, 1.54) is 18.7 Å². The summed E-state index contributed by atoms with van der Waals surface area (Å²) in [6, 6.07) is 6.01. The van der Waals surface area contributed by atoms with Gasteiger partial charge in [-0.25, -0.2) is 0 Å². The molecule has 4 amide bonds. The van der Waals surface area contributed by atoms with Gasteiger partial charge in [-0.05, 0) is 25.0 Å². The van der Waals surface area contributed by atoms with Crippen LogP contribution in [0.1, 0.15) is 38.7 Å². The lowest BCUT2D eigenvalue weighted by atomic mass is 9.96. The van der Waals surface area contributed by atoms with E-state index in [9.17, 15) is 19.2 Å². The van der Waals surface area contributed by atoms with Crippen LogP contribution in [-0.2, 0) is 19.2 Å². The predicted octanol–water partition coefficient (Wildman–Crippen LogP) is 0.841. The number of benzene rings is 1. The number of amides is 4. The Bertz CT molecular complexity index is 820. The van der Waals surface area contributed by atoms with Gasteiger partial charge in [-0.15, -0.1) is 0 Å². The van der Waals surface area contributed by atoms with Gasteiger partial charge in [0.25, 0.3) is 5.91 Å². The van der Waals surface area contributed by atoms with Gasteiger partial charge in [-0.3, -0.25) is 29.0 Å². The van der Waals surface area contributed by atoms with Crippen molar-refractivity contribution in [1.29, 1.82) is 0 Å². The number of imide groups is 1. The normalized spacial score (nSPS) is 30.3. The molecule has 4 atom stereocenters. The molecule has 0 N–H and O–H groups in total. The first kappa shape index (κ1) is 15.8. The first-order chi connectivity index (χ1) is 11.8. The first-order valence-electron chi connectivity index (χ1n) is 8.39. The fourth-order valence-electron chi connectivity index (χ4n) is 4.57. The van der Waals surface area contributed by atoms with Crippen LogP contribution in [0.2, 0.25) is 0 Å². The van der Waals surface area contributed by atoms with Crippen molar-refractivity contribution in [1.82, 2.24) is 9.80 Å². The van der Waals surface area contributed by atoms with E-state index in [0.29, 0.717) is 6.42 Å². The summed E-state index contributed by atoms with van der Waals surface area (Å²) in [7, 11) is 0. The molecule has 2 fully saturated rings. The minimum absolute atomic E-state index is 0.114. The van der Waals surface area contributed by atoms with E-state index in [2.05, 4.69) is 0 Å². The minimum Gasteiger partial charge on any atom is -0.307 e. The SMILES string of the molecule is CC(=O)N1C(=O)[C@@H]2C[C@H]3c4ccccc4N(C(C)=O)[C@H]3N2C(=O)[C@@H]1C. The summed E-state index contributed by atoms with van der Waals surface area (Å²) in [5, 5.41) is 0. The van der Waals surface area contributed by atoms with Crippen molar-refractivity contribution in [2.45, 2.75) is 51.4 Å². The summed E-state index contributed by atoms with van der Waals surface area (Å²) in [6.45, 7) is 4.32. The van der Waals surface area contributed by atoms with Crippen LogP contribution < -0.4 is 4.90 Å². The van der Waals surface area contributed by atoms with Crippen LogP contribution in [0.15, 0.2) is 24.3 Å². The Morgan fingerprint density at radius 1 is 1.00 bits per heavy atom. The number of fused-ring (bicyclic) bond motifs is 5. The highest BCUT2D eigenvalue weighted by molar-refractivity contribution is 6.07. The summed E-state index contributed by atoms with van der Waals surface area (Å²) in [6.07, 6.45) is -0.0695. The second-order valence-corrected chi connectivity index (χ2v) is 6.87. The largest absolute Gasteiger partial charge is 0.307 e. The van der Waals surface area contributed by atoms with E-state index in [1.54, 1.807) is 11.8 Å². The van der Waals surface area contributed by atoms with Crippen LogP contribution in [0.25, 0.3) is 0 Å². The molecule has 3 heterocycles. The standard InChI is InChI=1S/C18H19N3O4/c1-9-17(24)21-15(18(25)19(9)10(2)22)8-13-12-6-4-5-7-14(12)20(11(3)23)16(13)21/h4-7,9,13,15-16H,8H2,1-3H3/t9-,13-,15-,16-/m0/s1. The van der Waals surface area contributed by atoms with Crippen LogP contribution in [0.3, 0.4) is 0 Å². The molecule has 0 aromatic heterocycles. The molecule has 0 spiro atoms. The third-order valence-corrected chi connectivity index (χ3v) is 5.52. The van der Waals surface area contributed by atoms with Gasteiger partial charge < -0.3 is 4.90 Å². The molecule has 25 heavy (non-hydrogen) atoms. The highest BCUT2D eigenvalue weighted by Gasteiger charge is 2.59. The Morgan fingerprint density at radius 3 is 2.28 bits per heavy atom. The number of carbonyl (C=O) groups excluding carboxylic acids is 4. The highest BCUT2D eigenvalue weighted by Crippen LogP contribution is 2.51. The number of nitrogens with zero attached hydrogens (tertiary/aromatic N) is 3. The quantitative estimate of drug-likeness (QED) is 0.701. The maximum Gasteiger partial charge on any atom is 0.252 e. The van der Waals surface area contributed by atoms with Crippen molar-refractivity contribution in [3.05, 3.63) is 29.8 Å². The maximum atomic E-state index is 13.0. The Hall–Kier alpha value is -2.70. The summed E-state index contributed by atoms with van der Waals surface area (Å²) >= 11 is 0. The molecule has 130 valence electrons. The summed E-state index contributed by atoms with van der Waals surface area (Å²) in [5.41, 5.74) is 1.77. The predicted molar refractivity (Wildman–Crippen MR) is 88.4 cm³/mol. The second-order valence-electron chi connectivity index (χ2n) is 6.87. The average molecular weight is 341 g/mol. The number of piperazine rings is 1. The summed E-state index contributed by atoms with van der Waals surface area (Å²) < 4.78 is 0. The van der Waals surface area contributed by atoms with Crippen molar-refractivity contribution in [3.8, 4) is 0 Å². The highest BCUT2D eigenvalue weighted by atomic mass is 16.2. The molecule has 3 aliphatic rings. The fraction of sp³-hybridized carbons (Fsp3) is 0.444. The molecule has 0 radical (unpaired) electrons. The zero-order valence-corrected chi connectivity index (χ0v) is 14.3. The molecule has 3 aliphatic heterocycles. The maximum absolute atomic E-state index is 13.0. The number of rotatable bonds is 0. The van der Waals surface area contributed by atoms with Crippen molar-refractivity contribution in [2.24, 2.45) is 0 Å². The molecule has 4 rings (SSSR count). The van der Waals surface area contributed by atoms with E-state index in [-0.39, 0.29) is 23.6 Å². The minimum atomic E-state index is -0.850. The zero-order chi connectivity index (χ0) is 18.0. The summed E-state index contributed by atoms with van der Waals surface area (Å²) in [5.74, 6) is -1.34. The topological polar surface area (TPSA) is 78.0 Å². The third kappa shape index (κ3) is 1.92. The second kappa shape index (κ2) is 5.15. The molecule has 7 nitrogen and oxygen atoms in total. The van der Waals surface area contributed by atoms with Crippen molar-refractivity contribution >= 4 is 29.3 Å². The molecule has 1 aromatic rings. The molecule has 1 aromatic carbocycles. The number of hydrogen-bond acceptors (Lipinski definition) is 4. The zero-order valence-electron chi connectivity index (χ0n) is 14.3. The van der Waals surface area contributed by atoms with Gasteiger partial charge in [-0.2, -0.15) is 0 Å². The van der Waals surface area contributed by atoms with Gasteiger partial charge in [0.1, 0.15) is 18.2 Å². The van der Waals surface area contributed by atoms with E-state index in [0.717, 1.165) is 16.2 Å². The summed E-state index contributed by atoms with van der Waals surface area (Å²) in [4.78, 5) is 54.1. The molecule has 0 bridgehead atoms. The van der Waals surface area contributed by atoms with Crippen LogP contribution in [0.5, 0.6) is 0 Å². The third-order valence-electron chi connectivity index (χ3n) is 5.52. The van der Waals surface area contributed by atoms with Crippen molar-refractivity contribution in [2.75, 3.05) is 4.90 Å². The lowest BCUT2D eigenvalue weighted by Gasteiger charge is -2.43. The molecular weight excluding hydrogens is 322 g/mol. The Kier molecular flexibility index (Phi) is 3.25. The van der Waals surface area contributed by atoms with Gasteiger partial charge in [0.15, 0.2) is 0 Å². The molecule has 0 saturated carbocycles. The number of anilines is 1. The Balaban J connectivity index is 1.82. The monoisotopic (exact) mass is 341 g/mol. The van der Waals surface area contributed by atoms with E-state index in [4.69, 9.17) is 0 Å². The molecular formula is C18H19N3O4. The average Bonchev–Trinajstić information content (AvgIpc) is 3.07. The lowest BCUT2D eigenvalue weighted by Crippen LogP contribution is -2.66. The molecule has 2 saturated heterocycles. The van der Waals surface area contributed by atoms with Crippen LogP contribution in [0, 0.1) is 0 Å². The van der Waals surface area contributed by atoms with Crippen molar-refractivity contribution < 1.29 is 19.2 Å². The smallest absolute Gasteiger partial charge is 0.252 e.